The molecule has 0 heterocycles. The van der Waals surface area contributed by atoms with E-state index in [9.17, 15) is 4.79 Å². The molecule has 0 bridgehead atoms. The highest BCUT2D eigenvalue weighted by Gasteiger charge is 2.23. The van der Waals surface area contributed by atoms with Gasteiger partial charge < -0.3 is 14.4 Å². The van der Waals surface area contributed by atoms with E-state index >= 15 is 0 Å². The van der Waals surface area contributed by atoms with E-state index in [1.807, 2.05) is 75.3 Å². The molecule has 0 aliphatic rings. The summed E-state index contributed by atoms with van der Waals surface area (Å²) in [5.74, 6) is 1.46. The Bertz CT molecular complexity index is 746. The lowest BCUT2D eigenvalue weighted by Crippen LogP contribution is -2.44. The average Bonchev–Trinajstić information content (AvgIpc) is 2.67. The fourth-order valence-corrected chi connectivity index (χ4v) is 2.85. The number of para-hydroxylation sites is 1. The molecule has 5 nitrogen and oxygen atoms in total. The Balaban J connectivity index is 2.14. The summed E-state index contributed by atoms with van der Waals surface area (Å²) in [6.07, 6.45) is 0. The fourth-order valence-electron chi connectivity index (χ4n) is 2.85. The Morgan fingerprint density at radius 1 is 1.04 bits per heavy atom. The van der Waals surface area contributed by atoms with Crippen molar-refractivity contribution in [1.29, 1.82) is 0 Å². The van der Waals surface area contributed by atoms with Gasteiger partial charge in [0.15, 0.2) is 11.5 Å². The summed E-state index contributed by atoms with van der Waals surface area (Å²) in [4.78, 5) is 16.6. The highest BCUT2D eigenvalue weighted by molar-refractivity contribution is 5.96. The maximum Gasteiger partial charge on any atom is 0.243 e. The molecule has 1 atom stereocenters. The van der Waals surface area contributed by atoms with E-state index in [0.717, 1.165) is 16.8 Å². The minimum absolute atomic E-state index is 0.0526. The van der Waals surface area contributed by atoms with E-state index in [2.05, 4.69) is 0 Å². The number of benzene rings is 2. The van der Waals surface area contributed by atoms with Crippen LogP contribution >= 0.6 is 0 Å². The number of likely N-dealkylation sites (N-methyl/N-ethyl adjacent to an activating group) is 2. The predicted octanol–water partition coefficient (Wildman–Crippen LogP) is 3.50. The molecular formula is C21H28N2O3. The van der Waals surface area contributed by atoms with Crippen molar-refractivity contribution >= 4 is 11.6 Å². The Morgan fingerprint density at radius 2 is 1.62 bits per heavy atom. The molecule has 0 unspecified atom stereocenters. The van der Waals surface area contributed by atoms with Crippen LogP contribution in [-0.2, 0) is 11.3 Å². The number of ether oxygens (including phenoxy) is 2. The lowest BCUT2D eigenvalue weighted by Gasteiger charge is -2.29. The maximum absolute atomic E-state index is 12.8. The second-order valence-corrected chi connectivity index (χ2v) is 6.46. The molecule has 2 aromatic carbocycles. The van der Waals surface area contributed by atoms with E-state index in [-0.39, 0.29) is 11.9 Å². The molecule has 26 heavy (non-hydrogen) atoms. The minimum atomic E-state index is -0.257. The number of hydrogen-bond donors (Lipinski definition) is 0. The van der Waals surface area contributed by atoms with Crippen LogP contribution < -0.4 is 14.4 Å². The molecule has 1 amide bonds. The molecule has 0 radical (unpaired) electrons. The number of rotatable bonds is 7. The van der Waals surface area contributed by atoms with Crippen LogP contribution in [-0.4, -0.2) is 45.2 Å². The quantitative estimate of drug-likeness (QED) is 0.761. The van der Waals surface area contributed by atoms with Crippen molar-refractivity contribution in [1.82, 2.24) is 4.90 Å². The van der Waals surface area contributed by atoms with Crippen LogP contribution in [0.5, 0.6) is 11.5 Å². The third-order valence-electron chi connectivity index (χ3n) is 4.75. The normalized spacial score (nSPS) is 12.0. The Hall–Kier alpha value is -2.53. The number of anilines is 1. The predicted molar refractivity (Wildman–Crippen MR) is 105 cm³/mol. The molecule has 0 fully saturated rings. The number of carbonyl (C=O) groups excluding carboxylic acids is 1. The summed E-state index contributed by atoms with van der Waals surface area (Å²) in [5, 5.41) is 0. The molecule has 0 aromatic heterocycles. The van der Waals surface area contributed by atoms with E-state index in [1.165, 1.54) is 0 Å². The summed E-state index contributed by atoms with van der Waals surface area (Å²) in [6.45, 7) is 4.60. The van der Waals surface area contributed by atoms with Gasteiger partial charge in [0, 0.05) is 19.3 Å². The summed E-state index contributed by atoms with van der Waals surface area (Å²) in [5.41, 5.74) is 3.10. The van der Waals surface area contributed by atoms with Crippen LogP contribution in [0.1, 0.15) is 18.1 Å². The van der Waals surface area contributed by atoms with Crippen molar-refractivity contribution in [2.24, 2.45) is 0 Å². The second-order valence-electron chi connectivity index (χ2n) is 6.46. The molecule has 0 saturated heterocycles. The lowest BCUT2D eigenvalue weighted by molar-refractivity contribution is -0.122. The first kappa shape index (κ1) is 19.8. The van der Waals surface area contributed by atoms with Crippen LogP contribution in [0.15, 0.2) is 42.5 Å². The Labute approximate surface area is 156 Å². The van der Waals surface area contributed by atoms with Gasteiger partial charge in [0.2, 0.25) is 5.91 Å². The molecule has 0 saturated carbocycles. The van der Waals surface area contributed by atoms with Crippen LogP contribution in [0.4, 0.5) is 5.69 Å². The topological polar surface area (TPSA) is 42.0 Å². The van der Waals surface area contributed by atoms with Crippen molar-refractivity contribution in [3.63, 3.8) is 0 Å². The van der Waals surface area contributed by atoms with Gasteiger partial charge in [-0.3, -0.25) is 9.69 Å². The monoisotopic (exact) mass is 356 g/mol. The van der Waals surface area contributed by atoms with Crippen molar-refractivity contribution in [2.45, 2.75) is 26.4 Å². The smallest absolute Gasteiger partial charge is 0.243 e. The van der Waals surface area contributed by atoms with Crippen molar-refractivity contribution < 1.29 is 14.3 Å². The molecule has 2 rings (SSSR count). The van der Waals surface area contributed by atoms with Gasteiger partial charge in [-0.25, -0.2) is 0 Å². The summed E-state index contributed by atoms with van der Waals surface area (Å²) in [6, 6.07) is 13.4. The van der Waals surface area contributed by atoms with Crippen molar-refractivity contribution in [3.05, 3.63) is 53.6 Å². The van der Waals surface area contributed by atoms with E-state index < -0.39 is 0 Å². The fraction of sp³-hybridized carbons (Fsp3) is 0.381. The first-order valence-corrected chi connectivity index (χ1v) is 8.63. The largest absolute Gasteiger partial charge is 0.493 e. The minimum Gasteiger partial charge on any atom is -0.493 e. The van der Waals surface area contributed by atoms with E-state index in [0.29, 0.717) is 18.0 Å². The Morgan fingerprint density at radius 3 is 2.19 bits per heavy atom. The number of methoxy groups -OCH3 is 2. The van der Waals surface area contributed by atoms with Gasteiger partial charge in [0.1, 0.15) is 0 Å². The number of carbonyl (C=O) groups is 1. The SMILES string of the molecule is COc1cc(C)c(CN(C)[C@H](C)C(=O)N(C)c2ccccc2)cc1OC. The third kappa shape index (κ3) is 4.35. The molecule has 140 valence electrons. The summed E-state index contributed by atoms with van der Waals surface area (Å²) in [7, 11) is 7.02. The third-order valence-corrected chi connectivity index (χ3v) is 4.75. The van der Waals surface area contributed by atoms with Crippen LogP contribution in [0.25, 0.3) is 0 Å². The van der Waals surface area contributed by atoms with Crippen LogP contribution in [0.3, 0.4) is 0 Å². The van der Waals surface area contributed by atoms with Crippen LogP contribution in [0, 0.1) is 6.92 Å². The number of amides is 1. The maximum atomic E-state index is 12.8. The molecule has 0 aliphatic carbocycles. The Kier molecular flexibility index (Phi) is 6.64. The van der Waals surface area contributed by atoms with Crippen molar-refractivity contribution in [2.75, 3.05) is 33.2 Å². The number of aryl methyl sites for hydroxylation is 1. The van der Waals surface area contributed by atoms with Gasteiger partial charge in [-0.1, -0.05) is 18.2 Å². The number of hydrogen-bond acceptors (Lipinski definition) is 4. The summed E-state index contributed by atoms with van der Waals surface area (Å²) >= 11 is 0. The number of nitrogens with zero attached hydrogens (tertiary/aromatic N) is 2. The highest BCUT2D eigenvalue weighted by atomic mass is 16.5. The van der Waals surface area contributed by atoms with Crippen molar-refractivity contribution in [3.8, 4) is 11.5 Å². The zero-order valence-electron chi connectivity index (χ0n) is 16.4. The molecule has 2 aromatic rings. The van der Waals surface area contributed by atoms with Gasteiger partial charge in [0.25, 0.3) is 0 Å². The average molecular weight is 356 g/mol. The molecule has 5 heteroatoms. The zero-order valence-corrected chi connectivity index (χ0v) is 16.4. The van der Waals surface area contributed by atoms with Gasteiger partial charge in [-0.15, -0.1) is 0 Å². The standard InChI is InChI=1S/C21H28N2O3/c1-15-12-19(25-5)20(26-6)13-17(15)14-22(3)16(2)21(24)23(4)18-10-8-7-9-11-18/h7-13,16H,14H2,1-6H3/t16-/m1/s1. The first-order chi connectivity index (χ1) is 12.4. The lowest BCUT2D eigenvalue weighted by atomic mass is 10.1. The van der Waals surface area contributed by atoms with Crippen LogP contribution in [0.2, 0.25) is 0 Å². The zero-order chi connectivity index (χ0) is 19.3. The highest BCUT2D eigenvalue weighted by Crippen LogP contribution is 2.31. The first-order valence-electron chi connectivity index (χ1n) is 8.63. The van der Waals surface area contributed by atoms with Gasteiger partial charge in [-0.05, 0) is 56.3 Å². The summed E-state index contributed by atoms with van der Waals surface area (Å²) < 4.78 is 10.7. The van der Waals surface area contributed by atoms with Gasteiger partial charge in [0.05, 0.1) is 20.3 Å². The second kappa shape index (κ2) is 8.72. The molecule has 0 N–H and O–H groups in total. The van der Waals surface area contributed by atoms with Gasteiger partial charge >= 0.3 is 0 Å². The molecule has 0 spiro atoms. The van der Waals surface area contributed by atoms with E-state index in [1.54, 1.807) is 19.1 Å². The molecule has 0 aliphatic heterocycles. The molecular weight excluding hydrogens is 328 g/mol. The van der Waals surface area contributed by atoms with E-state index in [4.69, 9.17) is 9.47 Å². The van der Waals surface area contributed by atoms with Gasteiger partial charge in [-0.2, -0.15) is 0 Å².